The first kappa shape index (κ1) is 16.8. The lowest BCUT2D eigenvalue weighted by atomic mass is 9.97. The molecule has 3 N–H and O–H groups in total. The van der Waals surface area contributed by atoms with E-state index < -0.39 is 5.97 Å². The monoisotopic (exact) mass is 363 g/mol. The number of carbonyl (C=O) groups excluding carboxylic acids is 1. The Morgan fingerprint density at radius 2 is 1.96 bits per heavy atom. The van der Waals surface area contributed by atoms with E-state index in [2.05, 4.69) is 20.3 Å². The number of benzene rings is 1. The number of nitrogens with one attached hydrogen (secondary N) is 2. The molecule has 0 saturated heterocycles. The van der Waals surface area contributed by atoms with E-state index >= 15 is 0 Å². The molecule has 4 rings (SSSR count). The maximum atomic E-state index is 13.0. The molecule has 0 spiro atoms. The highest BCUT2D eigenvalue weighted by molar-refractivity contribution is 6.00. The topological polar surface area (TPSA) is 111 Å². The fourth-order valence-corrected chi connectivity index (χ4v) is 3.34. The van der Waals surface area contributed by atoms with Crippen molar-refractivity contribution in [2.24, 2.45) is 0 Å². The first-order chi connectivity index (χ1) is 13.1. The van der Waals surface area contributed by atoms with Crippen LogP contribution in [0, 0.1) is 0 Å². The molecular weight excluding hydrogens is 346 g/mol. The van der Waals surface area contributed by atoms with Gasteiger partial charge in [0, 0.05) is 31.1 Å². The van der Waals surface area contributed by atoms with Crippen LogP contribution in [0.1, 0.15) is 33.4 Å². The van der Waals surface area contributed by atoms with Gasteiger partial charge in [0.25, 0.3) is 0 Å². The van der Waals surface area contributed by atoms with Crippen LogP contribution in [-0.2, 0) is 6.42 Å². The van der Waals surface area contributed by atoms with Crippen molar-refractivity contribution in [3.8, 4) is 0 Å². The molecule has 0 unspecified atom stereocenters. The molecule has 0 bridgehead atoms. The van der Waals surface area contributed by atoms with Crippen molar-refractivity contribution < 1.29 is 14.7 Å². The van der Waals surface area contributed by atoms with E-state index in [9.17, 15) is 14.7 Å². The third-order valence-electron chi connectivity index (χ3n) is 4.61. The zero-order valence-electron chi connectivity index (χ0n) is 14.3. The highest BCUT2D eigenvalue weighted by atomic mass is 16.4. The second kappa shape index (κ2) is 6.91. The Labute approximate surface area is 154 Å². The number of rotatable bonds is 3. The number of H-pyrrole nitrogens is 1. The molecule has 1 atom stereocenters. The minimum atomic E-state index is -1.09. The van der Waals surface area contributed by atoms with Gasteiger partial charge in [-0.15, -0.1) is 0 Å². The largest absolute Gasteiger partial charge is 0.478 e. The van der Waals surface area contributed by atoms with Gasteiger partial charge in [-0.25, -0.2) is 14.6 Å². The van der Waals surface area contributed by atoms with Gasteiger partial charge in [0.05, 0.1) is 23.3 Å². The molecule has 2 amide bonds. The van der Waals surface area contributed by atoms with Gasteiger partial charge < -0.3 is 20.3 Å². The molecular formula is C19H17N5O3. The van der Waals surface area contributed by atoms with Gasteiger partial charge in [-0.2, -0.15) is 0 Å². The van der Waals surface area contributed by atoms with Crippen molar-refractivity contribution in [1.82, 2.24) is 19.9 Å². The van der Waals surface area contributed by atoms with Gasteiger partial charge >= 0.3 is 12.0 Å². The van der Waals surface area contributed by atoms with E-state index in [1.165, 1.54) is 6.07 Å². The van der Waals surface area contributed by atoms with E-state index in [1.54, 1.807) is 41.8 Å². The molecule has 1 aliphatic rings. The molecule has 2 aromatic heterocycles. The van der Waals surface area contributed by atoms with E-state index in [-0.39, 0.29) is 23.3 Å². The predicted octanol–water partition coefficient (Wildman–Crippen LogP) is 2.68. The maximum absolute atomic E-state index is 13.0. The molecule has 1 aromatic carbocycles. The van der Waals surface area contributed by atoms with Crippen LogP contribution in [0.2, 0.25) is 0 Å². The van der Waals surface area contributed by atoms with Gasteiger partial charge in [-0.1, -0.05) is 12.1 Å². The molecule has 3 heterocycles. The average molecular weight is 363 g/mol. The highest BCUT2D eigenvalue weighted by Crippen LogP contribution is 2.33. The SMILES string of the molecule is O=C(O)c1ccccc1NC(=O)N1CCc2[nH]cnc2[C@@H]1c1ccncc1. The van der Waals surface area contributed by atoms with Crippen molar-refractivity contribution >= 4 is 17.7 Å². The van der Waals surface area contributed by atoms with Crippen LogP contribution >= 0.6 is 0 Å². The van der Waals surface area contributed by atoms with Gasteiger partial charge in [0.1, 0.15) is 6.04 Å². The number of carboxylic acids is 1. The summed E-state index contributed by atoms with van der Waals surface area (Å²) >= 11 is 0. The fraction of sp³-hybridized carbons (Fsp3) is 0.158. The number of hydrogen-bond donors (Lipinski definition) is 3. The number of aromatic amines is 1. The summed E-state index contributed by atoms with van der Waals surface area (Å²) in [5.74, 6) is -1.09. The average Bonchev–Trinajstić information content (AvgIpc) is 3.17. The molecule has 3 aromatic rings. The van der Waals surface area contributed by atoms with Crippen molar-refractivity contribution in [2.75, 3.05) is 11.9 Å². The molecule has 8 heteroatoms. The highest BCUT2D eigenvalue weighted by Gasteiger charge is 2.34. The Bertz CT molecular complexity index is 986. The minimum absolute atomic E-state index is 0.0452. The number of aromatic nitrogens is 3. The van der Waals surface area contributed by atoms with E-state index in [4.69, 9.17) is 0 Å². The third-order valence-corrected chi connectivity index (χ3v) is 4.61. The number of pyridine rings is 1. The van der Waals surface area contributed by atoms with Gasteiger partial charge in [-0.3, -0.25) is 4.98 Å². The summed E-state index contributed by atoms with van der Waals surface area (Å²) in [4.78, 5) is 37.7. The summed E-state index contributed by atoms with van der Waals surface area (Å²) in [5, 5.41) is 12.1. The van der Waals surface area contributed by atoms with Crippen molar-refractivity contribution in [2.45, 2.75) is 12.5 Å². The number of imidazole rings is 1. The Kier molecular flexibility index (Phi) is 4.29. The lowest BCUT2D eigenvalue weighted by Gasteiger charge is -2.35. The molecule has 136 valence electrons. The molecule has 27 heavy (non-hydrogen) atoms. The number of fused-ring (bicyclic) bond motifs is 1. The number of carbonyl (C=O) groups is 2. The zero-order chi connectivity index (χ0) is 18.8. The van der Waals surface area contributed by atoms with Crippen LogP contribution < -0.4 is 5.32 Å². The maximum Gasteiger partial charge on any atom is 0.337 e. The molecule has 0 saturated carbocycles. The summed E-state index contributed by atoms with van der Waals surface area (Å²) < 4.78 is 0. The minimum Gasteiger partial charge on any atom is -0.478 e. The molecule has 1 aliphatic heterocycles. The number of hydrogen-bond acceptors (Lipinski definition) is 4. The number of anilines is 1. The fourth-order valence-electron chi connectivity index (χ4n) is 3.34. The number of carboxylic acid groups (broad SMARTS) is 1. The number of amides is 2. The van der Waals surface area contributed by atoms with E-state index in [0.717, 1.165) is 17.0 Å². The summed E-state index contributed by atoms with van der Waals surface area (Å²) in [7, 11) is 0. The summed E-state index contributed by atoms with van der Waals surface area (Å²) in [6.07, 6.45) is 5.61. The summed E-state index contributed by atoms with van der Waals surface area (Å²) in [6.45, 7) is 0.475. The van der Waals surface area contributed by atoms with Crippen LogP contribution in [0.15, 0.2) is 55.1 Å². The Hall–Kier alpha value is -3.68. The van der Waals surface area contributed by atoms with Crippen LogP contribution in [-0.4, -0.2) is 43.5 Å². The Morgan fingerprint density at radius 1 is 1.19 bits per heavy atom. The number of urea groups is 1. The Balaban J connectivity index is 1.68. The lowest BCUT2D eigenvalue weighted by Crippen LogP contribution is -2.43. The first-order valence-corrected chi connectivity index (χ1v) is 8.47. The van der Waals surface area contributed by atoms with Crippen molar-refractivity contribution in [1.29, 1.82) is 0 Å². The second-order valence-electron chi connectivity index (χ2n) is 6.17. The van der Waals surface area contributed by atoms with Crippen LogP contribution in [0.5, 0.6) is 0 Å². The van der Waals surface area contributed by atoms with Crippen molar-refractivity contribution in [3.63, 3.8) is 0 Å². The second-order valence-corrected chi connectivity index (χ2v) is 6.17. The normalized spacial score (nSPS) is 15.9. The summed E-state index contributed by atoms with van der Waals surface area (Å²) in [6, 6.07) is 9.28. The molecule has 0 fully saturated rings. The Morgan fingerprint density at radius 3 is 2.74 bits per heavy atom. The number of nitrogens with zero attached hydrogens (tertiary/aromatic N) is 3. The quantitative estimate of drug-likeness (QED) is 0.662. The number of para-hydroxylation sites is 1. The molecule has 8 nitrogen and oxygen atoms in total. The van der Waals surface area contributed by atoms with Crippen LogP contribution in [0.25, 0.3) is 0 Å². The third kappa shape index (κ3) is 3.12. The van der Waals surface area contributed by atoms with Crippen LogP contribution in [0.4, 0.5) is 10.5 Å². The lowest BCUT2D eigenvalue weighted by molar-refractivity contribution is 0.0698. The number of aromatic carboxylic acids is 1. The van der Waals surface area contributed by atoms with E-state index in [0.29, 0.717) is 13.0 Å². The zero-order valence-corrected chi connectivity index (χ0v) is 14.3. The predicted molar refractivity (Wildman–Crippen MR) is 97.5 cm³/mol. The van der Waals surface area contributed by atoms with Gasteiger partial charge in [-0.05, 0) is 29.8 Å². The van der Waals surface area contributed by atoms with Gasteiger partial charge in [0.15, 0.2) is 0 Å². The van der Waals surface area contributed by atoms with Crippen LogP contribution in [0.3, 0.4) is 0 Å². The van der Waals surface area contributed by atoms with Gasteiger partial charge in [0.2, 0.25) is 0 Å². The summed E-state index contributed by atoms with van der Waals surface area (Å²) in [5.41, 5.74) is 2.97. The molecule has 0 aliphatic carbocycles. The van der Waals surface area contributed by atoms with E-state index in [1.807, 2.05) is 12.1 Å². The molecule has 0 radical (unpaired) electrons. The smallest absolute Gasteiger partial charge is 0.337 e. The standard InChI is InChI=1S/C19H17N5O3/c25-18(26)13-3-1-2-4-14(13)23-19(27)24-10-7-15-16(22-11-21-15)17(24)12-5-8-20-9-6-12/h1-6,8-9,11,17H,7,10H2,(H,21,22)(H,23,27)(H,25,26)/t17-/m0/s1. The first-order valence-electron chi connectivity index (χ1n) is 8.47. The van der Waals surface area contributed by atoms with Crippen molar-refractivity contribution in [3.05, 3.63) is 77.6 Å².